The van der Waals surface area contributed by atoms with Crippen LogP contribution in [0.2, 0.25) is 5.02 Å². The van der Waals surface area contributed by atoms with Gasteiger partial charge in [-0.3, -0.25) is 9.69 Å². The summed E-state index contributed by atoms with van der Waals surface area (Å²) in [5.74, 6) is -0.298. The Labute approximate surface area is 164 Å². The minimum Gasteiger partial charge on any atom is -0.371 e. The fourth-order valence-electron chi connectivity index (χ4n) is 3.62. The Kier molecular flexibility index (Phi) is 6.02. The number of benzene rings is 2. The highest BCUT2D eigenvalue weighted by Crippen LogP contribution is 2.30. The van der Waals surface area contributed by atoms with Crippen molar-refractivity contribution in [2.45, 2.75) is 24.9 Å². The van der Waals surface area contributed by atoms with E-state index in [9.17, 15) is 9.18 Å². The fourth-order valence-corrected chi connectivity index (χ4v) is 3.82. The zero-order valence-electron chi connectivity index (χ0n) is 15.7. The lowest BCUT2D eigenvalue weighted by molar-refractivity contribution is -0.135. The number of halogens is 2. The molecule has 0 unspecified atom stereocenters. The first-order chi connectivity index (χ1) is 12.9. The highest BCUT2D eigenvalue weighted by molar-refractivity contribution is 6.31. The molecule has 0 aromatic heterocycles. The number of likely N-dealkylation sites (tertiary alicyclic amines) is 1. The number of hydrogen-bond donors (Lipinski definition) is 1. The maximum atomic E-state index is 13.6. The van der Waals surface area contributed by atoms with Crippen molar-refractivity contribution in [3.63, 3.8) is 0 Å². The zero-order valence-corrected chi connectivity index (χ0v) is 16.5. The second-order valence-corrected chi connectivity index (χ2v) is 7.69. The number of carbonyl (C=O) groups excluding carboxylic acids is 1. The van der Waals surface area contributed by atoms with Gasteiger partial charge in [-0.25, -0.2) is 4.39 Å². The maximum absolute atomic E-state index is 13.6. The molecule has 1 amide bonds. The van der Waals surface area contributed by atoms with Crippen LogP contribution in [0.15, 0.2) is 48.5 Å². The SMILES string of the molecule is CN(C)C(=O)C1(Nc2cccc(F)c2)CCN(Cc2ccccc2Cl)CC1. The summed E-state index contributed by atoms with van der Waals surface area (Å²) in [6.45, 7) is 2.27. The first-order valence-electron chi connectivity index (χ1n) is 9.11. The number of anilines is 1. The molecular formula is C21H25ClFN3O. The lowest BCUT2D eigenvalue weighted by atomic mass is 9.85. The fraction of sp³-hybridized carbons (Fsp3) is 0.381. The molecule has 0 spiro atoms. The van der Waals surface area contributed by atoms with Crippen LogP contribution in [0, 0.1) is 5.82 Å². The smallest absolute Gasteiger partial charge is 0.247 e. The van der Waals surface area contributed by atoms with Gasteiger partial charge in [0.1, 0.15) is 11.4 Å². The largest absolute Gasteiger partial charge is 0.371 e. The van der Waals surface area contributed by atoms with Gasteiger partial charge in [0, 0.05) is 44.4 Å². The number of nitrogens with zero attached hydrogens (tertiary/aromatic N) is 2. The average Bonchev–Trinajstić information content (AvgIpc) is 2.64. The van der Waals surface area contributed by atoms with Crippen LogP contribution in [0.1, 0.15) is 18.4 Å². The quantitative estimate of drug-likeness (QED) is 0.839. The molecule has 1 N–H and O–H groups in total. The van der Waals surface area contributed by atoms with Crippen LogP contribution in [-0.4, -0.2) is 48.4 Å². The minimum atomic E-state index is -0.728. The number of amides is 1. The van der Waals surface area contributed by atoms with Crippen LogP contribution in [0.5, 0.6) is 0 Å². The van der Waals surface area contributed by atoms with Crippen molar-refractivity contribution in [3.8, 4) is 0 Å². The second kappa shape index (κ2) is 8.28. The lowest BCUT2D eigenvalue weighted by Crippen LogP contribution is -2.57. The Morgan fingerprint density at radius 1 is 1.19 bits per heavy atom. The van der Waals surface area contributed by atoms with Crippen LogP contribution in [-0.2, 0) is 11.3 Å². The molecule has 1 fully saturated rings. The van der Waals surface area contributed by atoms with Gasteiger partial charge in [-0.15, -0.1) is 0 Å². The molecule has 0 saturated carbocycles. The molecule has 1 saturated heterocycles. The van der Waals surface area contributed by atoms with Gasteiger partial charge < -0.3 is 10.2 Å². The summed E-state index contributed by atoms with van der Waals surface area (Å²) in [7, 11) is 3.51. The van der Waals surface area contributed by atoms with E-state index in [0.29, 0.717) is 18.5 Å². The van der Waals surface area contributed by atoms with Gasteiger partial charge in [0.2, 0.25) is 5.91 Å². The summed E-state index contributed by atoms with van der Waals surface area (Å²) in [4.78, 5) is 16.9. The van der Waals surface area contributed by atoms with Crippen LogP contribution in [0.25, 0.3) is 0 Å². The first kappa shape index (κ1) is 19.6. The van der Waals surface area contributed by atoms with E-state index < -0.39 is 5.54 Å². The van der Waals surface area contributed by atoms with Crippen molar-refractivity contribution in [2.24, 2.45) is 0 Å². The van der Waals surface area contributed by atoms with Crippen LogP contribution in [0.4, 0.5) is 10.1 Å². The molecule has 1 aliphatic heterocycles. The number of hydrogen-bond acceptors (Lipinski definition) is 3. The number of nitrogens with one attached hydrogen (secondary N) is 1. The Bertz CT molecular complexity index is 804. The molecule has 0 aliphatic carbocycles. The van der Waals surface area contributed by atoms with Gasteiger partial charge in [-0.2, -0.15) is 0 Å². The Morgan fingerprint density at radius 3 is 2.52 bits per heavy atom. The molecule has 3 rings (SSSR count). The van der Waals surface area contributed by atoms with E-state index in [1.165, 1.54) is 12.1 Å². The molecule has 0 bridgehead atoms. The third-order valence-corrected chi connectivity index (χ3v) is 5.45. The van der Waals surface area contributed by atoms with Crippen molar-refractivity contribution in [2.75, 3.05) is 32.5 Å². The van der Waals surface area contributed by atoms with Crippen molar-refractivity contribution < 1.29 is 9.18 Å². The molecular weight excluding hydrogens is 365 g/mol. The van der Waals surface area contributed by atoms with E-state index in [0.717, 1.165) is 30.2 Å². The third kappa shape index (κ3) is 4.60. The molecule has 0 atom stereocenters. The lowest BCUT2D eigenvalue weighted by Gasteiger charge is -2.43. The van der Waals surface area contributed by atoms with Crippen molar-refractivity contribution in [1.82, 2.24) is 9.80 Å². The third-order valence-electron chi connectivity index (χ3n) is 5.09. The van der Waals surface area contributed by atoms with Crippen LogP contribution < -0.4 is 5.32 Å². The van der Waals surface area contributed by atoms with Gasteiger partial charge in [0.25, 0.3) is 0 Å². The van der Waals surface area contributed by atoms with Crippen molar-refractivity contribution in [3.05, 3.63) is 64.9 Å². The second-order valence-electron chi connectivity index (χ2n) is 7.28. The summed E-state index contributed by atoms with van der Waals surface area (Å²) in [6, 6.07) is 14.1. The van der Waals surface area contributed by atoms with Gasteiger partial charge >= 0.3 is 0 Å². The van der Waals surface area contributed by atoms with E-state index in [1.54, 1.807) is 31.1 Å². The van der Waals surface area contributed by atoms with Gasteiger partial charge in [0.05, 0.1) is 0 Å². The number of rotatable bonds is 5. The topological polar surface area (TPSA) is 35.6 Å². The summed E-state index contributed by atoms with van der Waals surface area (Å²) in [5, 5.41) is 4.09. The van der Waals surface area contributed by atoms with Gasteiger partial charge in [0.15, 0.2) is 0 Å². The molecule has 1 heterocycles. The molecule has 6 heteroatoms. The standard InChI is InChI=1S/C21H25ClFN3O/c1-25(2)20(27)21(24-18-8-5-7-17(23)14-18)10-12-26(13-11-21)15-16-6-3-4-9-19(16)22/h3-9,14,24H,10-13,15H2,1-2H3. The Morgan fingerprint density at radius 2 is 1.89 bits per heavy atom. The summed E-state index contributed by atoms with van der Waals surface area (Å²) in [5.41, 5.74) is 0.988. The zero-order chi connectivity index (χ0) is 19.4. The molecule has 2 aromatic rings. The predicted molar refractivity (Wildman–Crippen MR) is 107 cm³/mol. The average molecular weight is 390 g/mol. The van der Waals surface area contributed by atoms with Gasteiger partial charge in [-0.05, 0) is 42.7 Å². The van der Waals surface area contributed by atoms with E-state index >= 15 is 0 Å². The molecule has 4 nitrogen and oxygen atoms in total. The highest BCUT2D eigenvalue weighted by Gasteiger charge is 2.42. The van der Waals surface area contributed by atoms with E-state index in [1.807, 2.05) is 24.3 Å². The van der Waals surface area contributed by atoms with E-state index in [4.69, 9.17) is 11.6 Å². The summed E-state index contributed by atoms with van der Waals surface area (Å²) >= 11 is 6.28. The highest BCUT2D eigenvalue weighted by atomic mass is 35.5. The van der Waals surface area contributed by atoms with E-state index in [-0.39, 0.29) is 11.7 Å². The maximum Gasteiger partial charge on any atom is 0.247 e. The predicted octanol–water partition coefficient (Wildman–Crippen LogP) is 4.01. The monoisotopic (exact) mass is 389 g/mol. The van der Waals surface area contributed by atoms with E-state index in [2.05, 4.69) is 10.2 Å². The molecule has 144 valence electrons. The summed E-state index contributed by atoms with van der Waals surface area (Å²) < 4.78 is 13.6. The first-order valence-corrected chi connectivity index (χ1v) is 9.49. The van der Waals surface area contributed by atoms with Crippen molar-refractivity contribution >= 4 is 23.2 Å². The molecule has 2 aromatic carbocycles. The van der Waals surface area contributed by atoms with Crippen LogP contribution in [0.3, 0.4) is 0 Å². The number of likely N-dealkylation sites (N-methyl/N-ethyl adjacent to an activating group) is 1. The van der Waals surface area contributed by atoms with Crippen LogP contribution >= 0.6 is 11.6 Å². The minimum absolute atomic E-state index is 0.0177. The molecule has 0 radical (unpaired) electrons. The molecule has 1 aliphatic rings. The number of piperidine rings is 1. The Hall–Kier alpha value is -2.11. The normalized spacial score (nSPS) is 16.7. The van der Waals surface area contributed by atoms with Gasteiger partial charge in [-0.1, -0.05) is 35.9 Å². The molecule has 27 heavy (non-hydrogen) atoms. The van der Waals surface area contributed by atoms with Crippen molar-refractivity contribution in [1.29, 1.82) is 0 Å². The number of carbonyl (C=O) groups is 1. The Balaban J connectivity index is 1.74. The summed E-state index contributed by atoms with van der Waals surface area (Å²) in [6.07, 6.45) is 1.29.